The number of hydrogen-bond acceptors (Lipinski definition) is 8. The Morgan fingerprint density at radius 1 is 1.06 bits per heavy atom. The van der Waals surface area contributed by atoms with E-state index in [9.17, 15) is 13.5 Å². The summed E-state index contributed by atoms with van der Waals surface area (Å²) in [5.41, 5.74) is -0.210. The first-order chi connectivity index (χ1) is 15.5. The largest absolute Gasteiger partial charge is 1.00 e. The first-order valence-corrected chi connectivity index (χ1v) is 12.3. The van der Waals surface area contributed by atoms with Crippen molar-refractivity contribution in [3.63, 3.8) is 0 Å². The molecule has 2 aromatic heterocycles. The Balaban J connectivity index is 0.00000432. The van der Waals surface area contributed by atoms with E-state index in [0.29, 0.717) is 11.5 Å². The van der Waals surface area contributed by atoms with Gasteiger partial charge in [-0.1, -0.05) is 69.9 Å². The van der Waals surface area contributed by atoms with Crippen molar-refractivity contribution in [2.75, 3.05) is 0 Å². The zero-order valence-electron chi connectivity index (χ0n) is 20.1. The molecule has 0 unspecified atom stereocenters. The second kappa shape index (κ2) is 10.1. The standard InChI is InChI=1S/C21H25Cl2N6O4S.Cu/c1-20(2,3)14-10-15(27-33-14)24-25-16-18(21(4,5)6)26-29(7)19(16)28-34(31,32)13-9-11(22)8-12(23)17(13)30;/h8-10H,1-7H3,(H-,24,26,27,28,30);/q-1;+1. The topological polar surface area (TPSA) is 137 Å². The predicted molar refractivity (Wildman–Crippen MR) is 130 cm³/mol. The Labute approximate surface area is 224 Å². The van der Waals surface area contributed by atoms with Gasteiger partial charge in [0.05, 0.1) is 10.7 Å². The molecule has 1 N–H and O–H groups in total. The van der Waals surface area contributed by atoms with Gasteiger partial charge in [0.1, 0.15) is 16.3 Å². The average molecular weight is 592 g/mol. The van der Waals surface area contributed by atoms with Crippen LogP contribution >= 0.6 is 23.2 Å². The van der Waals surface area contributed by atoms with E-state index in [1.54, 1.807) is 6.07 Å². The van der Waals surface area contributed by atoms with Crippen LogP contribution in [0.5, 0.6) is 5.75 Å². The molecule has 0 spiro atoms. The van der Waals surface area contributed by atoms with E-state index in [1.165, 1.54) is 17.8 Å². The third kappa shape index (κ3) is 6.37. The van der Waals surface area contributed by atoms with Crippen molar-refractivity contribution in [3.05, 3.63) is 44.4 Å². The molecule has 35 heavy (non-hydrogen) atoms. The van der Waals surface area contributed by atoms with Gasteiger partial charge in [-0.25, -0.2) is 8.42 Å². The van der Waals surface area contributed by atoms with E-state index in [0.717, 1.165) is 6.07 Å². The summed E-state index contributed by atoms with van der Waals surface area (Å²) in [6.45, 7) is 11.6. The minimum atomic E-state index is -4.45. The molecule has 3 rings (SSSR count). The smallest absolute Gasteiger partial charge is 0.505 e. The number of sulfonamides is 1. The Morgan fingerprint density at radius 3 is 2.23 bits per heavy atom. The first-order valence-electron chi connectivity index (χ1n) is 10.1. The number of aromatic hydroxyl groups is 1. The Hall–Kier alpha value is -2.11. The minimum absolute atomic E-state index is 0. The number of hydrogen-bond donors (Lipinski definition) is 1. The molecule has 10 nitrogen and oxygen atoms in total. The zero-order chi connectivity index (χ0) is 25.6. The van der Waals surface area contributed by atoms with Crippen molar-refractivity contribution in [1.82, 2.24) is 14.9 Å². The molecule has 194 valence electrons. The second-order valence-corrected chi connectivity index (χ2v) is 12.1. The number of rotatable bonds is 5. The van der Waals surface area contributed by atoms with Crippen LogP contribution in [-0.2, 0) is 45.0 Å². The molecule has 3 aromatic rings. The molecular formula is C21H25Cl2CuN6O4S. The summed E-state index contributed by atoms with van der Waals surface area (Å²) in [5.74, 6) is 0.0726. The average Bonchev–Trinajstić information content (AvgIpc) is 3.28. The fraction of sp³-hybridized carbons (Fsp3) is 0.429. The number of benzene rings is 1. The van der Waals surface area contributed by atoms with Crippen molar-refractivity contribution in [3.8, 4) is 5.75 Å². The third-order valence-electron chi connectivity index (χ3n) is 4.67. The maximum Gasteiger partial charge on any atom is 1.00 e. The van der Waals surface area contributed by atoms with Gasteiger partial charge in [0, 0.05) is 21.9 Å². The van der Waals surface area contributed by atoms with Crippen LogP contribution in [0.3, 0.4) is 0 Å². The number of azo groups is 1. The van der Waals surface area contributed by atoms with Crippen LogP contribution in [-0.4, -0.2) is 28.5 Å². The van der Waals surface area contributed by atoms with Crippen LogP contribution in [0.15, 0.2) is 37.8 Å². The van der Waals surface area contributed by atoms with Gasteiger partial charge in [0.25, 0.3) is 0 Å². The van der Waals surface area contributed by atoms with Gasteiger partial charge in [0.2, 0.25) is 15.8 Å². The minimum Gasteiger partial charge on any atom is -0.505 e. The molecule has 2 heterocycles. The van der Waals surface area contributed by atoms with Crippen molar-refractivity contribution in [2.45, 2.75) is 57.3 Å². The summed E-state index contributed by atoms with van der Waals surface area (Å²) in [7, 11) is -2.93. The molecule has 1 aromatic carbocycles. The van der Waals surface area contributed by atoms with Crippen LogP contribution in [0.1, 0.15) is 53.0 Å². The summed E-state index contributed by atoms with van der Waals surface area (Å²) < 4.78 is 36.7. The Kier molecular flexibility index (Phi) is 8.40. The van der Waals surface area contributed by atoms with E-state index in [-0.39, 0.29) is 49.9 Å². The van der Waals surface area contributed by atoms with Gasteiger partial charge in [-0.2, -0.15) is 0 Å². The van der Waals surface area contributed by atoms with Crippen LogP contribution in [0.25, 0.3) is 4.72 Å². The SMILES string of the molecule is Cn1nc(C(C)(C)C)c(N=Nc2cc(C(C)(C)C)on2)c1[N-]S(=O)(=O)c1cc(Cl)cc(Cl)c1O.[Cu+]. The molecule has 0 amide bonds. The molecule has 14 heteroatoms. The van der Waals surface area contributed by atoms with Gasteiger partial charge < -0.3 is 19.0 Å². The number of aryl methyl sites for hydroxylation is 1. The second-order valence-electron chi connectivity index (χ2n) is 9.69. The summed E-state index contributed by atoms with van der Waals surface area (Å²) in [6, 6.07) is 3.94. The molecule has 0 radical (unpaired) electrons. The molecule has 0 aliphatic carbocycles. The number of aromatic nitrogens is 3. The maximum absolute atomic E-state index is 13.1. The van der Waals surface area contributed by atoms with E-state index in [1.807, 2.05) is 41.5 Å². The molecule has 0 saturated carbocycles. The number of nitrogens with zero attached hydrogens (tertiary/aromatic N) is 6. The number of halogens is 2. The fourth-order valence-corrected chi connectivity index (χ4v) is 4.65. The van der Waals surface area contributed by atoms with Crippen molar-refractivity contribution >= 4 is 50.5 Å². The van der Waals surface area contributed by atoms with Crippen LogP contribution in [0.4, 0.5) is 17.3 Å². The monoisotopic (exact) mass is 590 g/mol. The van der Waals surface area contributed by atoms with Gasteiger partial charge in [-0.3, -0.25) is 5.10 Å². The molecular weight excluding hydrogens is 567 g/mol. The molecule has 0 aliphatic rings. The molecule has 0 atom stereocenters. The summed E-state index contributed by atoms with van der Waals surface area (Å²) in [4.78, 5) is -0.544. The van der Waals surface area contributed by atoms with Gasteiger partial charge in [-0.05, 0) is 25.0 Å². The number of phenols is 1. The zero-order valence-corrected chi connectivity index (χ0v) is 23.3. The maximum atomic E-state index is 13.1. The molecule has 0 aliphatic heterocycles. The van der Waals surface area contributed by atoms with Crippen LogP contribution < -0.4 is 0 Å². The van der Waals surface area contributed by atoms with Crippen molar-refractivity contribution < 1.29 is 35.1 Å². The third-order valence-corrected chi connectivity index (χ3v) is 6.46. The van der Waals surface area contributed by atoms with Crippen molar-refractivity contribution in [2.24, 2.45) is 17.3 Å². The molecule has 0 fully saturated rings. The van der Waals surface area contributed by atoms with Gasteiger partial charge >= 0.3 is 17.1 Å². The fourth-order valence-electron chi connectivity index (χ4n) is 2.87. The predicted octanol–water partition coefficient (Wildman–Crippen LogP) is 6.82. The molecule has 0 saturated heterocycles. The summed E-state index contributed by atoms with van der Waals surface area (Å²) in [5, 5.41) is 26.7. The van der Waals surface area contributed by atoms with E-state index >= 15 is 0 Å². The summed E-state index contributed by atoms with van der Waals surface area (Å²) in [6.07, 6.45) is 0. The quantitative estimate of drug-likeness (QED) is 0.255. The van der Waals surface area contributed by atoms with Gasteiger partial charge in [-0.15, -0.1) is 10.2 Å². The molecule has 0 bridgehead atoms. The Morgan fingerprint density at radius 2 is 1.69 bits per heavy atom. The van der Waals surface area contributed by atoms with E-state index < -0.39 is 26.1 Å². The Bertz CT molecular complexity index is 1370. The van der Waals surface area contributed by atoms with Crippen LogP contribution in [0, 0.1) is 0 Å². The van der Waals surface area contributed by atoms with Crippen molar-refractivity contribution in [1.29, 1.82) is 0 Å². The number of phenolic OH excluding ortho intramolecular Hbond substituents is 1. The van der Waals surface area contributed by atoms with Crippen LogP contribution in [0.2, 0.25) is 10.0 Å². The first kappa shape index (κ1) is 29.1. The van der Waals surface area contributed by atoms with Gasteiger partial charge in [0.15, 0.2) is 5.75 Å². The summed E-state index contributed by atoms with van der Waals surface area (Å²) >= 11 is 11.8. The van der Waals surface area contributed by atoms with E-state index in [4.69, 9.17) is 27.7 Å². The van der Waals surface area contributed by atoms with E-state index in [2.05, 4.69) is 25.2 Å². The normalized spacial score (nSPS) is 12.7.